The Bertz CT molecular complexity index is 634. The van der Waals surface area contributed by atoms with Crippen LogP contribution >= 0.6 is 0 Å². The van der Waals surface area contributed by atoms with Gasteiger partial charge in [0.25, 0.3) is 0 Å². The van der Waals surface area contributed by atoms with Crippen LogP contribution < -0.4 is 10.2 Å². The summed E-state index contributed by atoms with van der Waals surface area (Å²) in [4.78, 5) is 11.5. The minimum absolute atomic E-state index is 0.219. The van der Waals surface area contributed by atoms with Crippen LogP contribution in [0.25, 0.3) is 0 Å². The zero-order valence-electron chi connectivity index (χ0n) is 13.6. The molecule has 1 aromatic carbocycles. The summed E-state index contributed by atoms with van der Waals surface area (Å²) in [6, 6.07) is 8.53. The Hall–Kier alpha value is -2.17. The molecule has 0 spiro atoms. The zero-order chi connectivity index (χ0) is 16.1. The van der Waals surface area contributed by atoms with Gasteiger partial charge in [-0.05, 0) is 37.5 Å². The van der Waals surface area contributed by atoms with Crippen LogP contribution in [-0.4, -0.2) is 23.1 Å². The molecule has 3 rings (SSSR count). The van der Waals surface area contributed by atoms with Crippen molar-refractivity contribution < 1.29 is 4.39 Å². The minimum Gasteiger partial charge on any atom is -0.356 e. The van der Waals surface area contributed by atoms with Gasteiger partial charge < -0.3 is 10.2 Å². The van der Waals surface area contributed by atoms with Crippen molar-refractivity contribution in [3.8, 4) is 0 Å². The average molecular weight is 314 g/mol. The molecule has 1 aliphatic heterocycles. The lowest BCUT2D eigenvalue weighted by Crippen LogP contribution is -2.25. The highest BCUT2D eigenvalue weighted by Crippen LogP contribution is 2.19. The van der Waals surface area contributed by atoms with E-state index in [4.69, 9.17) is 0 Å². The van der Waals surface area contributed by atoms with Crippen molar-refractivity contribution in [3.05, 3.63) is 47.4 Å². The van der Waals surface area contributed by atoms with Crippen molar-refractivity contribution in [2.45, 2.75) is 39.2 Å². The Labute approximate surface area is 136 Å². The molecule has 0 aliphatic carbocycles. The van der Waals surface area contributed by atoms with Crippen molar-refractivity contribution >= 4 is 11.8 Å². The fourth-order valence-electron chi connectivity index (χ4n) is 2.88. The quantitative estimate of drug-likeness (QED) is 0.929. The Morgan fingerprint density at radius 2 is 1.74 bits per heavy atom. The van der Waals surface area contributed by atoms with Gasteiger partial charge >= 0.3 is 0 Å². The fraction of sp³-hybridized carbons (Fsp3) is 0.444. The maximum Gasteiger partial charge on any atom is 0.225 e. The lowest BCUT2D eigenvalue weighted by atomic mass is 10.2. The maximum atomic E-state index is 12.9. The number of aryl methyl sites for hydroxylation is 1. The Morgan fingerprint density at radius 1 is 1.04 bits per heavy atom. The largest absolute Gasteiger partial charge is 0.356 e. The first kappa shape index (κ1) is 15.7. The van der Waals surface area contributed by atoms with E-state index in [0.29, 0.717) is 12.5 Å². The van der Waals surface area contributed by atoms with Crippen molar-refractivity contribution in [1.82, 2.24) is 9.97 Å². The molecule has 0 saturated carbocycles. The number of hydrogen-bond donors (Lipinski definition) is 1. The van der Waals surface area contributed by atoms with E-state index in [1.807, 2.05) is 13.0 Å². The number of nitrogens with zero attached hydrogens (tertiary/aromatic N) is 3. The summed E-state index contributed by atoms with van der Waals surface area (Å²) < 4.78 is 12.9. The molecular weight excluding hydrogens is 291 g/mol. The summed E-state index contributed by atoms with van der Waals surface area (Å²) >= 11 is 0. The Morgan fingerprint density at radius 3 is 2.43 bits per heavy atom. The first-order valence-electron chi connectivity index (χ1n) is 8.30. The maximum absolute atomic E-state index is 12.9. The number of hydrogen-bond acceptors (Lipinski definition) is 4. The number of halogens is 1. The molecule has 5 heteroatoms. The van der Waals surface area contributed by atoms with Crippen LogP contribution in [0.3, 0.4) is 0 Å². The van der Waals surface area contributed by atoms with Crippen molar-refractivity contribution in [2.24, 2.45) is 0 Å². The molecule has 122 valence electrons. The topological polar surface area (TPSA) is 41.1 Å². The second-order valence-corrected chi connectivity index (χ2v) is 6.07. The molecular formula is C18H23FN4. The van der Waals surface area contributed by atoms with Crippen LogP contribution in [0.4, 0.5) is 16.2 Å². The van der Waals surface area contributed by atoms with E-state index in [0.717, 1.165) is 30.2 Å². The average Bonchev–Trinajstić information content (AvgIpc) is 2.83. The molecule has 1 aromatic heterocycles. The molecule has 0 bridgehead atoms. The molecule has 1 N–H and O–H groups in total. The van der Waals surface area contributed by atoms with Gasteiger partial charge in [0.1, 0.15) is 11.6 Å². The Kier molecular flexibility index (Phi) is 5.05. The minimum atomic E-state index is -0.219. The summed E-state index contributed by atoms with van der Waals surface area (Å²) in [6.45, 7) is 4.71. The van der Waals surface area contributed by atoms with E-state index in [2.05, 4.69) is 20.2 Å². The van der Waals surface area contributed by atoms with Crippen LogP contribution in [0, 0.1) is 12.7 Å². The fourth-order valence-corrected chi connectivity index (χ4v) is 2.88. The Balaban J connectivity index is 1.70. The lowest BCUT2D eigenvalue weighted by Gasteiger charge is -2.22. The molecule has 4 nitrogen and oxygen atoms in total. The predicted molar refractivity (Wildman–Crippen MR) is 91.2 cm³/mol. The van der Waals surface area contributed by atoms with Crippen LogP contribution in [0.2, 0.25) is 0 Å². The number of anilines is 2. The third-order valence-corrected chi connectivity index (χ3v) is 4.13. The molecule has 0 radical (unpaired) electrons. The molecule has 1 aliphatic rings. The number of benzene rings is 1. The van der Waals surface area contributed by atoms with Gasteiger partial charge in [0, 0.05) is 31.4 Å². The highest BCUT2D eigenvalue weighted by Gasteiger charge is 2.13. The van der Waals surface area contributed by atoms with Gasteiger partial charge in [0.05, 0.1) is 0 Å². The predicted octanol–water partition coefficient (Wildman–Crippen LogP) is 3.92. The molecule has 2 heterocycles. The number of aromatic nitrogens is 2. The van der Waals surface area contributed by atoms with Gasteiger partial charge in [0.2, 0.25) is 5.95 Å². The molecule has 2 aromatic rings. The summed E-state index contributed by atoms with van der Waals surface area (Å²) in [7, 11) is 0. The van der Waals surface area contributed by atoms with Gasteiger partial charge in [-0.1, -0.05) is 25.0 Å². The first-order chi connectivity index (χ1) is 11.2. The molecule has 0 atom stereocenters. The third kappa shape index (κ3) is 4.41. The van der Waals surface area contributed by atoms with Crippen LogP contribution in [0.1, 0.15) is 36.9 Å². The molecule has 1 fully saturated rings. The van der Waals surface area contributed by atoms with Crippen LogP contribution in [0.15, 0.2) is 30.3 Å². The van der Waals surface area contributed by atoms with E-state index in [9.17, 15) is 4.39 Å². The van der Waals surface area contributed by atoms with Crippen molar-refractivity contribution in [1.29, 1.82) is 0 Å². The second kappa shape index (κ2) is 7.40. The van der Waals surface area contributed by atoms with Gasteiger partial charge in [-0.15, -0.1) is 0 Å². The van der Waals surface area contributed by atoms with E-state index >= 15 is 0 Å². The lowest BCUT2D eigenvalue weighted by molar-refractivity contribution is 0.627. The van der Waals surface area contributed by atoms with Crippen molar-refractivity contribution in [3.63, 3.8) is 0 Å². The van der Waals surface area contributed by atoms with Gasteiger partial charge in [-0.2, -0.15) is 4.98 Å². The smallest absolute Gasteiger partial charge is 0.225 e. The number of nitrogens with one attached hydrogen (secondary N) is 1. The van der Waals surface area contributed by atoms with E-state index in [-0.39, 0.29) is 5.82 Å². The summed E-state index contributed by atoms with van der Waals surface area (Å²) in [5.74, 6) is 1.42. The standard InChI is InChI=1S/C18H23FN4/c1-14-12-17(23-10-4-2-3-5-11-23)22-18(21-14)20-13-15-6-8-16(19)9-7-15/h6-9,12H,2-5,10-11,13H2,1H3,(H,20,21,22). The highest BCUT2D eigenvalue weighted by molar-refractivity contribution is 5.45. The van der Waals surface area contributed by atoms with E-state index in [1.54, 1.807) is 12.1 Å². The summed E-state index contributed by atoms with van der Waals surface area (Å²) in [5, 5.41) is 3.25. The summed E-state index contributed by atoms with van der Waals surface area (Å²) in [5.41, 5.74) is 1.97. The first-order valence-corrected chi connectivity index (χ1v) is 8.30. The number of rotatable bonds is 4. The normalized spacial score (nSPS) is 15.3. The van der Waals surface area contributed by atoms with Gasteiger partial charge in [0.15, 0.2) is 0 Å². The monoisotopic (exact) mass is 314 g/mol. The summed E-state index contributed by atoms with van der Waals surface area (Å²) in [6.07, 6.45) is 5.05. The SMILES string of the molecule is Cc1cc(N2CCCCCC2)nc(NCc2ccc(F)cc2)n1. The van der Waals surface area contributed by atoms with Gasteiger partial charge in [-0.25, -0.2) is 9.37 Å². The molecule has 0 amide bonds. The second-order valence-electron chi connectivity index (χ2n) is 6.07. The van der Waals surface area contributed by atoms with Crippen molar-refractivity contribution in [2.75, 3.05) is 23.3 Å². The van der Waals surface area contributed by atoms with Crippen LogP contribution in [-0.2, 0) is 6.54 Å². The van der Waals surface area contributed by atoms with Crippen LogP contribution in [0.5, 0.6) is 0 Å². The highest BCUT2D eigenvalue weighted by atomic mass is 19.1. The molecule has 0 unspecified atom stereocenters. The van der Waals surface area contributed by atoms with Gasteiger partial charge in [-0.3, -0.25) is 0 Å². The molecule has 23 heavy (non-hydrogen) atoms. The molecule has 1 saturated heterocycles. The van der Waals surface area contributed by atoms with E-state index < -0.39 is 0 Å². The van der Waals surface area contributed by atoms with E-state index in [1.165, 1.54) is 37.8 Å². The zero-order valence-corrected chi connectivity index (χ0v) is 13.6. The third-order valence-electron chi connectivity index (χ3n) is 4.13.